The second kappa shape index (κ2) is 6.75. The van der Waals surface area contributed by atoms with Crippen LogP contribution in [0.1, 0.15) is 58.8 Å². The molecular weight excluding hydrogens is 316 g/mol. The molecule has 5 nitrogen and oxygen atoms in total. The van der Waals surface area contributed by atoms with Crippen molar-refractivity contribution in [2.75, 3.05) is 13.1 Å². The molecule has 5 atom stereocenters. The molecule has 138 valence electrons. The molecule has 0 aromatic carbocycles. The van der Waals surface area contributed by atoms with Crippen LogP contribution in [0.5, 0.6) is 0 Å². The maximum atomic E-state index is 12.5. The zero-order valence-electron chi connectivity index (χ0n) is 15.4. The van der Waals surface area contributed by atoms with E-state index in [0.29, 0.717) is 29.9 Å². The van der Waals surface area contributed by atoms with E-state index in [2.05, 4.69) is 9.80 Å². The molecule has 4 rings (SSSR count). The zero-order chi connectivity index (χ0) is 17.6. The maximum absolute atomic E-state index is 12.5. The van der Waals surface area contributed by atoms with Gasteiger partial charge in [-0.15, -0.1) is 0 Å². The molecule has 4 aliphatic heterocycles. The van der Waals surface area contributed by atoms with E-state index in [1.165, 1.54) is 19.3 Å². The van der Waals surface area contributed by atoms with Crippen molar-refractivity contribution in [3.8, 4) is 0 Å². The highest BCUT2D eigenvalue weighted by Crippen LogP contribution is 2.46. The van der Waals surface area contributed by atoms with E-state index >= 15 is 0 Å². The lowest BCUT2D eigenvalue weighted by Crippen LogP contribution is -2.68. The minimum atomic E-state index is -0.200. The van der Waals surface area contributed by atoms with Crippen LogP contribution < -0.4 is 0 Å². The molecular formula is C20H30N2O3. The molecule has 4 heterocycles. The first kappa shape index (κ1) is 17.1. The standard InChI is InChI=1S/C20H30N2O3/c1-3-13(2)20(24)25-19-15-11-14(16-7-4-5-10-21(16)19)12-22-17(15)8-6-9-18(22)23/h3,14-17,19H,4-12H2,1-2H3/b13-3+/t14?,15?,16-,17+,19?/m0/s1. The third kappa shape index (κ3) is 2.90. The summed E-state index contributed by atoms with van der Waals surface area (Å²) in [5, 5.41) is 0. The Morgan fingerprint density at radius 3 is 2.80 bits per heavy atom. The number of piperidine rings is 4. The van der Waals surface area contributed by atoms with Crippen molar-refractivity contribution in [2.24, 2.45) is 11.8 Å². The maximum Gasteiger partial charge on any atom is 0.334 e. The highest BCUT2D eigenvalue weighted by Gasteiger charge is 2.54. The summed E-state index contributed by atoms with van der Waals surface area (Å²) in [5.74, 6) is 0.923. The summed E-state index contributed by atoms with van der Waals surface area (Å²) in [6, 6.07) is 0.716. The molecule has 0 aromatic rings. The van der Waals surface area contributed by atoms with Gasteiger partial charge in [-0.1, -0.05) is 12.5 Å². The third-order valence-electron chi connectivity index (χ3n) is 6.92. The highest BCUT2D eigenvalue weighted by atomic mass is 16.6. The normalized spacial score (nSPS) is 38.8. The fourth-order valence-corrected chi connectivity index (χ4v) is 5.57. The Morgan fingerprint density at radius 1 is 1.20 bits per heavy atom. The summed E-state index contributed by atoms with van der Waals surface area (Å²) in [4.78, 5) is 29.6. The molecule has 0 aromatic heterocycles. The molecule has 0 radical (unpaired) electrons. The molecule has 0 spiro atoms. The van der Waals surface area contributed by atoms with E-state index in [-0.39, 0.29) is 24.2 Å². The van der Waals surface area contributed by atoms with Crippen molar-refractivity contribution < 1.29 is 14.3 Å². The van der Waals surface area contributed by atoms with Gasteiger partial charge < -0.3 is 9.64 Å². The lowest BCUT2D eigenvalue weighted by atomic mass is 9.70. The van der Waals surface area contributed by atoms with Gasteiger partial charge >= 0.3 is 5.97 Å². The van der Waals surface area contributed by atoms with Crippen LogP contribution in [-0.4, -0.2) is 53.1 Å². The van der Waals surface area contributed by atoms with Gasteiger partial charge in [0.1, 0.15) is 0 Å². The van der Waals surface area contributed by atoms with Crippen molar-refractivity contribution in [3.05, 3.63) is 11.6 Å². The van der Waals surface area contributed by atoms with Gasteiger partial charge in [-0.25, -0.2) is 4.79 Å². The summed E-state index contributed by atoms with van der Waals surface area (Å²) in [6.07, 6.45) is 9.06. The number of amides is 1. The van der Waals surface area contributed by atoms with Crippen LogP contribution in [0.3, 0.4) is 0 Å². The van der Waals surface area contributed by atoms with E-state index in [9.17, 15) is 9.59 Å². The Balaban J connectivity index is 1.64. The van der Waals surface area contributed by atoms with Crippen molar-refractivity contribution in [1.82, 2.24) is 9.80 Å². The van der Waals surface area contributed by atoms with Gasteiger partial charge in [-0.05, 0) is 51.9 Å². The van der Waals surface area contributed by atoms with Gasteiger partial charge in [0.25, 0.3) is 0 Å². The number of rotatable bonds is 2. The number of nitrogens with zero attached hydrogens (tertiary/aromatic N) is 2. The fraction of sp³-hybridized carbons (Fsp3) is 0.800. The molecule has 1 amide bonds. The quantitative estimate of drug-likeness (QED) is 0.570. The van der Waals surface area contributed by atoms with Crippen molar-refractivity contribution in [1.29, 1.82) is 0 Å². The Labute approximate surface area is 150 Å². The first-order chi connectivity index (χ1) is 12.1. The highest BCUT2D eigenvalue weighted by molar-refractivity contribution is 5.87. The Kier molecular flexibility index (Phi) is 4.61. The fourth-order valence-electron chi connectivity index (χ4n) is 5.57. The number of esters is 1. The number of fused-ring (bicyclic) bond motifs is 6. The number of hydrogen-bond acceptors (Lipinski definition) is 4. The summed E-state index contributed by atoms with van der Waals surface area (Å²) in [6.45, 7) is 5.62. The van der Waals surface area contributed by atoms with Crippen LogP contribution in [0, 0.1) is 11.8 Å². The summed E-state index contributed by atoms with van der Waals surface area (Å²) < 4.78 is 6.06. The van der Waals surface area contributed by atoms with Gasteiger partial charge in [0.2, 0.25) is 5.91 Å². The molecule has 0 N–H and O–H groups in total. The number of ether oxygens (including phenoxy) is 1. The number of hydrogen-bond donors (Lipinski definition) is 0. The molecule has 4 fully saturated rings. The molecule has 3 unspecified atom stereocenters. The van der Waals surface area contributed by atoms with Crippen LogP contribution in [0.2, 0.25) is 0 Å². The van der Waals surface area contributed by atoms with Gasteiger partial charge in [-0.2, -0.15) is 0 Å². The zero-order valence-corrected chi connectivity index (χ0v) is 15.4. The van der Waals surface area contributed by atoms with Gasteiger partial charge in [0, 0.05) is 43.1 Å². The van der Waals surface area contributed by atoms with Crippen LogP contribution in [0.15, 0.2) is 11.6 Å². The molecule has 5 heteroatoms. The summed E-state index contributed by atoms with van der Waals surface area (Å²) in [5.41, 5.74) is 0.670. The number of carbonyl (C=O) groups is 2. The minimum absolute atomic E-state index is 0.164. The first-order valence-electron chi connectivity index (χ1n) is 9.99. The predicted molar refractivity (Wildman–Crippen MR) is 94.6 cm³/mol. The molecule has 2 bridgehead atoms. The van der Waals surface area contributed by atoms with Gasteiger partial charge in [-0.3, -0.25) is 9.69 Å². The Morgan fingerprint density at radius 2 is 2.00 bits per heavy atom. The summed E-state index contributed by atoms with van der Waals surface area (Å²) >= 11 is 0. The van der Waals surface area contributed by atoms with Crippen LogP contribution in [0.25, 0.3) is 0 Å². The van der Waals surface area contributed by atoms with Crippen LogP contribution in [-0.2, 0) is 14.3 Å². The second-order valence-corrected chi connectivity index (χ2v) is 8.23. The van der Waals surface area contributed by atoms with Crippen molar-refractivity contribution >= 4 is 11.9 Å². The average Bonchev–Trinajstić information content (AvgIpc) is 2.64. The smallest absolute Gasteiger partial charge is 0.334 e. The van der Waals surface area contributed by atoms with Crippen molar-refractivity contribution in [2.45, 2.75) is 77.1 Å². The monoisotopic (exact) mass is 346 g/mol. The second-order valence-electron chi connectivity index (χ2n) is 8.23. The Bertz CT molecular complexity index is 587. The predicted octanol–water partition coefficient (Wildman–Crippen LogP) is 2.71. The molecule has 0 aliphatic carbocycles. The topological polar surface area (TPSA) is 49.9 Å². The van der Waals surface area contributed by atoms with E-state index in [4.69, 9.17) is 4.74 Å². The molecule has 25 heavy (non-hydrogen) atoms. The van der Waals surface area contributed by atoms with E-state index < -0.39 is 0 Å². The summed E-state index contributed by atoms with van der Waals surface area (Å²) in [7, 11) is 0. The molecule has 0 saturated carbocycles. The lowest BCUT2D eigenvalue weighted by Gasteiger charge is -2.59. The van der Waals surface area contributed by atoms with Gasteiger partial charge in [0.15, 0.2) is 6.23 Å². The van der Waals surface area contributed by atoms with Crippen LogP contribution >= 0.6 is 0 Å². The van der Waals surface area contributed by atoms with E-state index in [1.54, 1.807) is 0 Å². The third-order valence-corrected chi connectivity index (χ3v) is 6.92. The van der Waals surface area contributed by atoms with E-state index in [0.717, 1.165) is 32.4 Å². The average molecular weight is 346 g/mol. The largest absolute Gasteiger partial charge is 0.443 e. The first-order valence-corrected chi connectivity index (χ1v) is 9.99. The van der Waals surface area contributed by atoms with E-state index in [1.807, 2.05) is 19.9 Å². The SMILES string of the molecule is C/C=C(\C)C(=O)OC1C2CC(CN3C(=O)CCC[C@H]23)[C@@H]2CCCCN12. The van der Waals surface area contributed by atoms with Gasteiger partial charge in [0.05, 0.1) is 0 Å². The number of allylic oxidation sites excluding steroid dienone is 1. The number of carbonyl (C=O) groups excluding carboxylic acids is 2. The van der Waals surface area contributed by atoms with Crippen molar-refractivity contribution in [3.63, 3.8) is 0 Å². The minimum Gasteiger partial charge on any atom is -0.443 e. The molecule has 4 aliphatic rings. The van der Waals surface area contributed by atoms with Crippen LogP contribution in [0.4, 0.5) is 0 Å². The Hall–Kier alpha value is -1.36. The molecule has 4 saturated heterocycles. The lowest BCUT2D eigenvalue weighted by molar-refractivity contribution is -0.204.